The van der Waals surface area contributed by atoms with Gasteiger partial charge in [-0.2, -0.15) is 0 Å². The lowest BCUT2D eigenvalue weighted by molar-refractivity contribution is 0.299. The van der Waals surface area contributed by atoms with E-state index in [1.807, 2.05) is 12.1 Å². The third-order valence-corrected chi connectivity index (χ3v) is 5.26. The van der Waals surface area contributed by atoms with E-state index in [1.165, 1.54) is 11.1 Å². The molecule has 0 aliphatic heterocycles. The Bertz CT molecular complexity index is 1070. The number of imidazole rings is 1. The molecule has 4 rings (SSSR count). The molecule has 0 radical (unpaired) electrons. The van der Waals surface area contributed by atoms with Crippen molar-refractivity contribution in [3.8, 4) is 17.1 Å². The van der Waals surface area contributed by atoms with Crippen LogP contribution in [0.3, 0.4) is 0 Å². The number of aromatic nitrogens is 2. The summed E-state index contributed by atoms with van der Waals surface area (Å²) < 4.78 is 8.44. The maximum Gasteiger partial charge on any atom is 0.141 e. The molecule has 0 bridgehead atoms. The number of unbranched alkanes of at least 4 members (excludes halogenated alkanes) is 1. The second kappa shape index (κ2) is 8.95. The summed E-state index contributed by atoms with van der Waals surface area (Å²) >= 11 is 0. The molecule has 3 nitrogen and oxygen atoms in total. The summed E-state index contributed by atoms with van der Waals surface area (Å²) in [5, 5.41) is 0. The van der Waals surface area contributed by atoms with E-state index in [4.69, 9.17) is 9.72 Å². The van der Waals surface area contributed by atoms with Gasteiger partial charge in [0.05, 0.1) is 17.6 Å². The highest BCUT2D eigenvalue weighted by molar-refractivity contribution is 5.80. The molecule has 0 saturated heterocycles. The molecule has 3 aromatic carbocycles. The van der Waals surface area contributed by atoms with E-state index in [1.54, 1.807) is 0 Å². The number of rotatable bonds is 8. The third kappa shape index (κ3) is 4.34. The Morgan fingerprint density at radius 1 is 0.828 bits per heavy atom. The van der Waals surface area contributed by atoms with Gasteiger partial charge in [-0.15, -0.1) is 0 Å². The molecule has 0 amide bonds. The highest BCUT2D eigenvalue weighted by Gasteiger charge is 2.12. The van der Waals surface area contributed by atoms with Gasteiger partial charge in [0.1, 0.15) is 11.6 Å². The first-order chi connectivity index (χ1) is 14.2. The lowest BCUT2D eigenvalue weighted by atomic mass is 10.0. The first kappa shape index (κ1) is 19.3. The maximum atomic E-state index is 6.10. The van der Waals surface area contributed by atoms with Crippen LogP contribution < -0.4 is 4.74 Å². The van der Waals surface area contributed by atoms with Crippen LogP contribution in [0.15, 0.2) is 78.9 Å². The van der Waals surface area contributed by atoms with E-state index in [0.717, 1.165) is 48.6 Å². The van der Waals surface area contributed by atoms with Crippen molar-refractivity contribution in [2.45, 2.75) is 39.2 Å². The quantitative estimate of drug-likeness (QED) is 0.317. The number of para-hydroxylation sites is 3. The second-order valence-corrected chi connectivity index (χ2v) is 7.69. The summed E-state index contributed by atoms with van der Waals surface area (Å²) in [5.41, 5.74) is 4.68. The van der Waals surface area contributed by atoms with Gasteiger partial charge in [0.2, 0.25) is 0 Å². The van der Waals surface area contributed by atoms with Gasteiger partial charge in [-0.25, -0.2) is 4.98 Å². The average molecular weight is 385 g/mol. The van der Waals surface area contributed by atoms with E-state index >= 15 is 0 Å². The number of ether oxygens (including phenoxy) is 1. The zero-order valence-electron chi connectivity index (χ0n) is 17.2. The van der Waals surface area contributed by atoms with Crippen LogP contribution in [-0.2, 0) is 6.54 Å². The molecule has 1 heterocycles. The molecule has 0 saturated carbocycles. The predicted octanol–water partition coefficient (Wildman–Crippen LogP) is 6.69. The van der Waals surface area contributed by atoms with Crippen LogP contribution in [0.1, 0.15) is 38.2 Å². The zero-order valence-corrected chi connectivity index (χ0v) is 17.2. The topological polar surface area (TPSA) is 27.1 Å². The molecule has 0 aliphatic carbocycles. The van der Waals surface area contributed by atoms with Gasteiger partial charge in [0.15, 0.2) is 0 Å². The lowest BCUT2D eigenvalue weighted by Gasteiger charge is -2.14. The minimum atomic E-state index is 0.469. The molecular formula is C26H28N2O. The predicted molar refractivity (Wildman–Crippen MR) is 120 cm³/mol. The first-order valence-corrected chi connectivity index (χ1v) is 10.5. The van der Waals surface area contributed by atoms with Crippen LogP contribution in [0.25, 0.3) is 22.4 Å². The highest BCUT2D eigenvalue weighted by Crippen LogP contribution is 2.27. The van der Waals surface area contributed by atoms with Crippen molar-refractivity contribution < 1.29 is 4.74 Å². The SMILES string of the molecule is CC(C)c1ccccc1OCCCCn1c(-c2ccccc2)nc2ccccc21. The van der Waals surface area contributed by atoms with Crippen molar-refractivity contribution in [2.24, 2.45) is 0 Å². The Hall–Kier alpha value is -3.07. The molecular weight excluding hydrogens is 356 g/mol. The number of benzene rings is 3. The van der Waals surface area contributed by atoms with Crippen LogP contribution in [0.5, 0.6) is 5.75 Å². The first-order valence-electron chi connectivity index (χ1n) is 10.5. The molecule has 29 heavy (non-hydrogen) atoms. The van der Waals surface area contributed by atoms with E-state index in [2.05, 4.69) is 85.1 Å². The Balaban J connectivity index is 1.44. The number of hydrogen-bond donors (Lipinski definition) is 0. The van der Waals surface area contributed by atoms with Crippen LogP contribution >= 0.6 is 0 Å². The second-order valence-electron chi connectivity index (χ2n) is 7.69. The Morgan fingerprint density at radius 3 is 2.38 bits per heavy atom. The van der Waals surface area contributed by atoms with Gasteiger partial charge >= 0.3 is 0 Å². The fourth-order valence-electron chi connectivity index (χ4n) is 3.75. The van der Waals surface area contributed by atoms with Crippen molar-refractivity contribution in [3.05, 3.63) is 84.4 Å². The summed E-state index contributed by atoms with van der Waals surface area (Å²) in [4.78, 5) is 4.89. The summed E-state index contributed by atoms with van der Waals surface area (Å²) in [6.45, 7) is 6.08. The van der Waals surface area contributed by atoms with Crippen molar-refractivity contribution >= 4 is 11.0 Å². The van der Waals surface area contributed by atoms with Crippen molar-refractivity contribution in [1.82, 2.24) is 9.55 Å². The summed E-state index contributed by atoms with van der Waals surface area (Å²) in [5.74, 6) is 2.52. The van der Waals surface area contributed by atoms with Crippen LogP contribution in [-0.4, -0.2) is 16.2 Å². The van der Waals surface area contributed by atoms with Crippen LogP contribution in [0.4, 0.5) is 0 Å². The largest absolute Gasteiger partial charge is 0.493 e. The summed E-state index contributed by atoms with van der Waals surface area (Å²) in [7, 11) is 0. The molecule has 0 fully saturated rings. The average Bonchev–Trinajstić information content (AvgIpc) is 3.13. The Morgan fingerprint density at radius 2 is 1.55 bits per heavy atom. The minimum absolute atomic E-state index is 0.469. The van der Waals surface area contributed by atoms with Gasteiger partial charge < -0.3 is 9.30 Å². The van der Waals surface area contributed by atoms with Crippen LogP contribution in [0.2, 0.25) is 0 Å². The van der Waals surface area contributed by atoms with E-state index < -0.39 is 0 Å². The van der Waals surface area contributed by atoms with E-state index in [9.17, 15) is 0 Å². The molecule has 0 unspecified atom stereocenters. The van der Waals surface area contributed by atoms with Crippen molar-refractivity contribution in [1.29, 1.82) is 0 Å². The van der Waals surface area contributed by atoms with E-state index in [0.29, 0.717) is 5.92 Å². The number of hydrogen-bond acceptors (Lipinski definition) is 2. The smallest absolute Gasteiger partial charge is 0.141 e. The maximum absolute atomic E-state index is 6.10. The van der Waals surface area contributed by atoms with Gasteiger partial charge in [0.25, 0.3) is 0 Å². The van der Waals surface area contributed by atoms with Gasteiger partial charge in [0, 0.05) is 12.1 Å². The van der Waals surface area contributed by atoms with Crippen molar-refractivity contribution in [2.75, 3.05) is 6.61 Å². The fraction of sp³-hybridized carbons (Fsp3) is 0.269. The van der Waals surface area contributed by atoms with Gasteiger partial charge in [-0.1, -0.05) is 74.5 Å². The molecule has 0 atom stereocenters. The Labute approximate surface area is 173 Å². The van der Waals surface area contributed by atoms with E-state index in [-0.39, 0.29) is 0 Å². The lowest BCUT2D eigenvalue weighted by Crippen LogP contribution is -2.05. The minimum Gasteiger partial charge on any atom is -0.493 e. The monoisotopic (exact) mass is 384 g/mol. The number of fused-ring (bicyclic) bond motifs is 1. The molecule has 148 valence electrons. The van der Waals surface area contributed by atoms with Gasteiger partial charge in [-0.05, 0) is 42.5 Å². The standard InChI is InChI=1S/C26H28N2O/c1-20(2)22-14-6-9-17-25(22)29-19-11-10-18-28-24-16-8-7-15-23(24)27-26(28)21-12-4-3-5-13-21/h3-9,12-17,20H,10-11,18-19H2,1-2H3. The van der Waals surface area contributed by atoms with Crippen LogP contribution in [0, 0.1) is 0 Å². The molecule has 0 N–H and O–H groups in total. The molecule has 3 heteroatoms. The molecule has 1 aromatic heterocycles. The molecule has 0 aliphatic rings. The third-order valence-electron chi connectivity index (χ3n) is 5.26. The van der Waals surface area contributed by atoms with Crippen molar-refractivity contribution in [3.63, 3.8) is 0 Å². The fourth-order valence-corrected chi connectivity index (χ4v) is 3.75. The molecule has 4 aromatic rings. The Kier molecular flexibility index (Phi) is 5.95. The zero-order chi connectivity index (χ0) is 20.1. The number of nitrogens with zero attached hydrogens (tertiary/aromatic N) is 2. The normalized spacial score (nSPS) is 11.3. The number of aryl methyl sites for hydroxylation is 1. The summed E-state index contributed by atoms with van der Waals surface area (Å²) in [6.07, 6.45) is 2.05. The van der Waals surface area contributed by atoms with Gasteiger partial charge in [-0.3, -0.25) is 0 Å². The highest BCUT2D eigenvalue weighted by atomic mass is 16.5. The molecule has 0 spiro atoms. The summed E-state index contributed by atoms with van der Waals surface area (Å²) in [6, 6.07) is 27.2.